The largest absolute Gasteiger partial charge is 0.490 e. The number of hydrogen-bond acceptors (Lipinski definition) is 4. The SMILES string of the molecule is CCOC(=O)C(C)(N)CC(C)Oc1cc(F)cc(F)c1. The smallest absolute Gasteiger partial charge is 0.325 e. The van der Waals surface area contributed by atoms with Crippen LogP contribution in [-0.4, -0.2) is 24.2 Å². The fraction of sp³-hybridized carbons (Fsp3) is 0.500. The van der Waals surface area contributed by atoms with E-state index < -0.39 is 29.2 Å². The molecule has 2 unspecified atom stereocenters. The lowest BCUT2D eigenvalue weighted by Crippen LogP contribution is -2.49. The number of rotatable bonds is 6. The Balaban J connectivity index is 2.67. The molecule has 1 aromatic carbocycles. The van der Waals surface area contributed by atoms with Crippen molar-refractivity contribution in [3.8, 4) is 5.75 Å². The number of halogens is 2. The highest BCUT2D eigenvalue weighted by molar-refractivity contribution is 5.80. The molecule has 0 radical (unpaired) electrons. The van der Waals surface area contributed by atoms with E-state index in [9.17, 15) is 13.6 Å². The molecule has 2 atom stereocenters. The lowest BCUT2D eigenvalue weighted by Gasteiger charge is -2.26. The Hall–Kier alpha value is -1.69. The van der Waals surface area contributed by atoms with Gasteiger partial charge in [0.05, 0.1) is 12.7 Å². The van der Waals surface area contributed by atoms with Crippen molar-refractivity contribution in [3.63, 3.8) is 0 Å². The number of esters is 1. The van der Waals surface area contributed by atoms with E-state index in [0.717, 1.165) is 18.2 Å². The minimum atomic E-state index is -1.22. The van der Waals surface area contributed by atoms with Gasteiger partial charge in [0.1, 0.15) is 22.9 Å². The Labute approximate surface area is 116 Å². The van der Waals surface area contributed by atoms with Crippen LogP contribution in [0.25, 0.3) is 0 Å². The van der Waals surface area contributed by atoms with E-state index in [1.165, 1.54) is 6.92 Å². The van der Waals surface area contributed by atoms with E-state index >= 15 is 0 Å². The fourth-order valence-corrected chi connectivity index (χ4v) is 1.85. The van der Waals surface area contributed by atoms with E-state index in [2.05, 4.69) is 0 Å². The van der Waals surface area contributed by atoms with Crippen molar-refractivity contribution in [1.29, 1.82) is 0 Å². The van der Waals surface area contributed by atoms with Gasteiger partial charge >= 0.3 is 5.97 Å². The topological polar surface area (TPSA) is 61.5 Å². The Morgan fingerprint density at radius 2 is 1.90 bits per heavy atom. The predicted octanol–water partition coefficient (Wildman–Crippen LogP) is 2.40. The number of carbonyl (C=O) groups is 1. The molecule has 4 nitrogen and oxygen atoms in total. The Morgan fingerprint density at radius 1 is 1.35 bits per heavy atom. The molecular weight excluding hydrogens is 268 g/mol. The van der Waals surface area contributed by atoms with Crippen molar-refractivity contribution < 1.29 is 23.0 Å². The molecule has 0 aliphatic rings. The fourth-order valence-electron chi connectivity index (χ4n) is 1.85. The second kappa shape index (κ2) is 6.65. The maximum absolute atomic E-state index is 13.0. The van der Waals surface area contributed by atoms with Crippen LogP contribution in [0.15, 0.2) is 18.2 Å². The molecule has 0 saturated heterocycles. The van der Waals surface area contributed by atoms with Gasteiger partial charge in [0, 0.05) is 24.6 Å². The van der Waals surface area contributed by atoms with Gasteiger partial charge in [0.25, 0.3) is 0 Å². The van der Waals surface area contributed by atoms with Gasteiger partial charge in [0.15, 0.2) is 0 Å². The normalized spacial score (nSPS) is 15.3. The molecule has 0 heterocycles. The molecule has 0 amide bonds. The maximum atomic E-state index is 13.0. The van der Waals surface area contributed by atoms with Gasteiger partial charge in [-0.15, -0.1) is 0 Å². The lowest BCUT2D eigenvalue weighted by atomic mass is 9.96. The summed E-state index contributed by atoms with van der Waals surface area (Å²) in [5, 5.41) is 0. The van der Waals surface area contributed by atoms with Gasteiger partial charge in [-0.2, -0.15) is 0 Å². The Bertz CT molecular complexity index is 457. The molecule has 0 aliphatic heterocycles. The van der Waals surface area contributed by atoms with E-state index in [0.29, 0.717) is 0 Å². The summed E-state index contributed by atoms with van der Waals surface area (Å²) in [6.45, 7) is 5.10. The Kier molecular flexibility index (Phi) is 5.44. The van der Waals surface area contributed by atoms with Crippen molar-refractivity contribution in [3.05, 3.63) is 29.8 Å². The zero-order chi connectivity index (χ0) is 15.3. The molecule has 0 bridgehead atoms. The number of ether oxygens (including phenoxy) is 2. The highest BCUT2D eigenvalue weighted by Crippen LogP contribution is 2.20. The minimum absolute atomic E-state index is 0.0506. The molecule has 1 rings (SSSR count). The molecule has 6 heteroatoms. The molecular formula is C14H19F2NO3. The molecule has 0 spiro atoms. The molecule has 112 valence electrons. The predicted molar refractivity (Wildman–Crippen MR) is 70.3 cm³/mol. The van der Waals surface area contributed by atoms with Crippen LogP contribution >= 0.6 is 0 Å². The standard InChI is InChI=1S/C14H19F2NO3/c1-4-19-13(18)14(3,17)8-9(2)20-12-6-10(15)5-11(16)7-12/h5-7,9H,4,8,17H2,1-3H3. The average molecular weight is 287 g/mol. The average Bonchev–Trinajstić information content (AvgIpc) is 2.26. The molecule has 0 aromatic heterocycles. The summed E-state index contributed by atoms with van der Waals surface area (Å²) in [4.78, 5) is 11.6. The van der Waals surface area contributed by atoms with Crippen molar-refractivity contribution in [2.45, 2.75) is 38.8 Å². The van der Waals surface area contributed by atoms with Crippen molar-refractivity contribution in [1.82, 2.24) is 0 Å². The summed E-state index contributed by atoms with van der Waals surface area (Å²) in [5.74, 6) is -1.95. The first-order valence-electron chi connectivity index (χ1n) is 6.33. The molecule has 0 fully saturated rings. The summed E-state index contributed by atoms with van der Waals surface area (Å²) in [7, 11) is 0. The summed E-state index contributed by atoms with van der Waals surface area (Å²) >= 11 is 0. The molecule has 20 heavy (non-hydrogen) atoms. The van der Waals surface area contributed by atoms with Crippen molar-refractivity contribution in [2.24, 2.45) is 5.73 Å². The van der Waals surface area contributed by atoms with Gasteiger partial charge in [-0.1, -0.05) is 0 Å². The first-order valence-corrected chi connectivity index (χ1v) is 6.33. The number of carbonyl (C=O) groups excluding carboxylic acids is 1. The second-order valence-electron chi connectivity index (χ2n) is 4.88. The molecule has 1 aromatic rings. The lowest BCUT2D eigenvalue weighted by molar-refractivity contribution is -0.149. The third-order valence-electron chi connectivity index (χ3n) is 2.63. The van der Waals surface area contributed by atoms with Crippen LogP contribution in [0, 0.1) is 11.6 Å². The first kappa shape index (κ1) is 16.4. The van der Waals surface area contributed by atoms with Gasteiger partial charge in [-0.05, 0) is 20.8 Å². The van der Waals surface area contributed by atoms with E-state index in [1.54, 1.807) is 13.8 Å². The molecule has 0 saturated carbocycles. The highest BCUT2D eigenvalue weighted by Gasteiger charge is 2.32. The van der Waals surface area contributed by atoms with E-state index in [-0.39, 0.29) is 18.8 Å². The van der Waals surface area contributed by atoms with Crippen molar-refractivity contribution >= 4 is 5.97 Å². The quantitative estimate of drug-likeness (QED) is 0.816. The summed E-state index contributed by atoms with van der Waals surface area (Å²) < 4.78 is 36.3. The van der Waals surface area contributed by atoms with Crippen LogP contribution in [-0.2, 0) is 9.53 Å². The van der Waals surface area contributed by atoms with Gasteiger partial charge in [0.2, 0.25) is 0 Å². The summed E-state index contributed by atoms with van der Waals surface area (Å²) in [5.41, 5.74) is 4.64. The number of hydrogen-bond donors (Lipinski definition) is 1. The summed E-state index contributed by atoms with van der Waals surface area (Å²) in [6, 6.07) is 2.89. The van der Waals surface area contributed by atoms with Crippen LogP contribution < -0.4 is 10.5 Å². The third kappa shape index (κ3) is 4.77. The number of nitrogens with two attached hydrogens (primary N) is 1. The van der Waals surface area contributed by atoms with E-state index in [1.807, 2.05) is 0 Å². The highest BCUT2D eigenvalue weighted by atomic mass is 19.1. The van der Waals surface area contributed by atoms with Crippen molar-refractivity contribution in [2.75, 3.05) is 6.61 Å². The summed E-state index contributed by atoms with van der Waals surface area (Å²) in [6.07, 6.45) is -0.347. The van der Waals surface area contributed by atoms with Gasteiger partial charge in [-0.3, -0.25) is 4.79 Å². The third-order valence-corrected chi connectivity index (χ3v) is 2.63. The maximum Gasteiger partial charge on any atom is 0.325 e. The molecule has 2 N–H and O–H groups in total. The minimum Gasteiger partial charge on any atom is -0.490 e. The number of benzene rings is 1. The first-order chi connectivity index (χ1) is 9.24. The zero-order valence-corrected chi connectivity index (χ0v) is 11.8. The van der Waals surface area contributed by atoms with Gasteiger partial charge < -0.3 is 15.2 Å². The Morgan fingerprint density at radius 3 is 2.40 bits per heavy atom. The van der Waals surface area contributed by atoms with Crippen LogP contribution in [0.3, 0.4) is 0 Å². The van der Waals surface area contributed by atoms with Crippen LogP contribution in [0.2, 0.25) is 0 Å². The molecule has 0 aliphatic carbocycles. The van der Waals surface area contributed by atoms with E-state index in [4.69, 9.17) is 15.2 Å². The van der Waals surface area contributed by atoms with Crippen LogP contribution in [0.1, 0.15) is 27.2 Å². The second-order valence-corrected chi connectivity index (χ2v) is 4.88. The zero-order valence-electron chi connectivity index (χ0n) is 11.8. The van der Waals surface area contributed by atoms with Crippen LogP contribution in [0.4, 0.5) is 8.78 Å². The van der Waals surface area contributed by atoms with Crippen LogP contribution in [0.5, 0.6) is 5.75 Å². The van der Waals surface area contributed by atoms with Gasteiger partial charge in [-0.25, -0.2) is 8.78 Å². The monoisotopic (exact) mass is 287 g/mol.